The Hall–Kier alpha value is -1.75. The number of methoxy groups -OCH3 is 2. The molecular formula is C19H28N2O3. The first-order chi connectivity index (χ1) is 11.5. The van der Waals surface area contributed by atoms with Crippen molar-refractivity contribution in [3.8, 4) is 11.5 Å². The van der Waals surface area contributed by atoms with Crippen LogP contribution < -0.4 is 20.5 Å². The summed E-state index contributed by atoms with van der Waals surface area (Å²) in [5.74, 6) is 2.23. The van der Waals surface area contributed by atoms with Crippen LogP contribution in [0.5, 0.6) is 11.5 Å². The SMILES string of the molecule is COc1cc(C)c(C(=O)NC2C3CCCC2CC(N)C3)cc1OC. The molecule has 3 N–H and O–H groups in total. The van der Waals surface area contributed by atoms with Crippen molar-refractivity contribution in [2.45, 2.75) is 51.1 Å². The normalized spacial score (nSPS) is 29.0. The van der Waals surface area contributed by atoms with Crippen molar-refractivity contribution in [1.82, 2.24) is 5.32 Å². The van der Waals surface area contributed by atoms with Crippen LogP contribution in [0.15, 0.2) is 12.1 Å². The van der Waals surface area contributed by atoms with E-state index in [0.29, 0.717) is 28.9 Å². The fourth-order valence-electron chi connectivity index (χ4n) is 4.48. The molecule has 5 heteroatoms. The van der Waals surface area contributed by atoms with Crippen molar-refractivity contribution in [2.24, 2.45) is 17.6 Å². The van der Waals surface area contributed by atoms with E-state index in [9.17, 15) is 4.79 Å². The highest BCUT2D eigenvalue weighted by atomic mass is 16.5. The van der Waals surface area contributed by atoms with E-state index in [2.05, 4.69) is 5.32 Å². The minimum atomic E-state index is -0.0224. The van der Waals surface area contributed by atoms with Gasteiger partial charge in [0.2, 0.25) is 0 Å². The van der Waals surface area contributed by atoms with E-state index in [1.54, 1.807) is 20.3 Å². The van der Waals surface area contributed by atoms with Crippen LogP contribution in [0, 0.1) is 18.8 Å². The first-order valence-electron chi connectivity index (χ1n) is 8.82. The molecule has 0 aromatic heterocycles. The summed E-state index contributed by atoms with van der Waals surface area (Å²) >= 11 is 0. The molecule has 2 bridgehead atoms. The minimum Gasteiger partial charge on any atom is -0.493 e. The molecule has 3 rings (SSSR count). The Morgan fingerprint density at radius 1 is 1.12 bits per heavy atom. The number of benzene rings is 1. The van der Waals surface area contributed by atoms with Gasteiger partial charge in [-0.25, -0.2) is 0 Å². The molecule has 0 aliphatic heterocycles. The average Bonchev–Trinajstić information content (AvgIpc) is 2.55. The molecule has 0 saturated heterocycles. The van der Waals surface area contributed by atoms with Crippen LogP contribution in [-0.4, -0.2) is 32.2 Å². The van der Waals surface area contributed by atoms with E-state index in [4.69, 9.17) is 15.2 Å². The minimum absolute atomic E-state index is 0.0224. The van der Waals surface area contributed by atoms with E-state index in [0.717, 1.165) is 18.4 Å². The van der Waals surface area contributed by atoms with Gasteiger partial charge in [-0.1, -0.05) is 6.42 Å². The van der Waals surface area contributed by atoms with Crippen LogP contribution >= 0.6 is 0 Å². The molecular weight excluding hydrogens is 304 g/mol. The number of hydrogen-bond donors (Lipinski definition) is 2. The van der Waals surface area contributed by atoms with Crippen molar-refractivity contribution < 1.29 is 14.3 Å². The van der Waals surface area contributed by atoms with Crippen LogP contribution in [0.1, 0.15) is 48.0 Å². The maximum Gasteiger partial charge on any atom is 0.251 e. The Kier molecular flexibility index (Phi) is 4.99. The Labute approximate surface area is 143 Å². The number of aryl methyl sites for hydroxylation is 1. The average molecular weight is 332 g/mol. The summed E-state index contributed by atoms with van der Waals surface area (Å²) in [4.78, 5) is 12.9. The second-order valence-corrected chi connectivity index (χ2v) is 7.20. The molecule has 0 radical (unpaired) electrons. The maximum atomic E-state index is 12.9. The Morgan fingerprint density at radius 2 is 1.71 bits per heavy atom. The van der Waals surface area contributed by atoms with Gasteiger partial charge < -0.3 is 20.5 Å². The third-order valence-electron chi connectivity index (χ3n) is 5.65. The number of nitrogens with one attached hydrogen (secondary N) is 1. The predicted octanol–water partition coefficient (Wildman–Crippen LogP) is 2.65. The Morgan fingerprint density at radius 3 is 2.29 bits per heavy atom. The highest BCUT2D eigenvalue weighted by molar-refractivity contribution is 5.96. The molecule has 2 atom stereocenters. The zero-order valence-corrected chi connectivity index (χ0v) is 14.8. The molecule has 5 nitrogen and oxygen atoms in total. The zero-order valence-electron chi connectivity index (χ0n) is 14.8. The molecule has 0 heterocycles. The summed E-state index contributed by atoms with van der Waals surface area (Å²) in [5, 5.41) is 3.30. The number of carbonyl (C=O) groups excluding carboxylic acids is 1. The molecule has 132 valence electrons. The number of ether oxygens (including phenoxy) is 2. The van der Waals surface area contributed by atoms with Gasteiger partial charge in [-0.15, -0.1) is 0 Å². The second-order valence-electron chi connectivity index (χ2n) is 7.20. The summed E-state index contributed by atoms with van der Waals surface area (Å²) in [6.45, 7) is 1.93. The van der Waals surface area contributed by atoms with Gasteiger partial charge in [-0.2, -0.15) is 0 Å². The van der Waals surface area contributed by atoms with Crippen molar-refractivity contribution in [1.29, 1.82) is 0 Å². The Bertz CT molecular complexity index is 603. The quantitative estimate of drug-likeness (QED) is 0.889. The third-order valence-corrected chi connectivity index (χ3v) is 5.65. The van der Waals surface area contributed by atoms with Gasteiger partial charge in [-0.3, -0.25) is 4.79 Å². The molecule has 2 unspecified atom stereocenters. The van der Waals surface area contributed by atoms with Crippen molar-refractivity contribution >= 4 is 5.91 Å². The number of rotatable bonds is 4. The van der Waals surface area contributed by atoms with E-state index in [1.807, 2.05) is 13.0 Å². The molecule has 1 amide bonds. The lowest BCUT2D eigenvalue weighted by molar-refractivity contribution is 0.0755. The summed E-state index contributed by atoms with van der Waals surface area (Å²) in [7, 11) is 3.19. The lowest BCUT2D eigenvalue weighted by Gasteiger charge is -2.45. The van der Waals surface area contributed by atoms with Crippen molar-refractivity contribution in [2.75, 3.05) is 14.2 Å². The standard InChI is InChI=1S/C19H28N2O3/c1-11-7-16(23-2)17(24-3)10-15(11)19(22)21-18-12-5-4-6-13(18)9-14(20)8-12/h7,10,12-14,18H,4-6,8-9,20H2,1-3H3,(H,21,22). The van der Waals surface area contributed by atoms with Crippen LogP contribution in [0.4, 0.5) is 0 Å². The van der Waals surface area contributed by atoms with E-state index < -0.39 is 0 Å². The van der Waals surface area contributed by atoms with E-state index in [-0.39, 0.29) is 18.0 Å². The highest BCUT2D eigenvalue weighted by Gasteiger charge is 2.40. The summed E-state index contributed by atoms with van der Waals surface area (Å²) in [5.41, 5.74) is 7.72. The molecule has 2 aliphatic rings. The van der Waals surface area contributed by atoms with Gasteiger partial charge in [0.15, 0.2) is 11.5 Å². The van der Waals surface area contributed by atoms with Crippen LogP contribution in [-0.2, 0) is 0 Å². The fraction of sp³-hybridized carbons (Fsp3) is 0.632. The van der Waals surface area contributed by atoms with Gasteiger partial charge in [0.1, 0.15) is 0 Å². The lowest BCUT2D eigenvalue weighted by atomic mass is 9.67. The summed E-state index contributed by atoms with van der Waals surface area (Å²) in [6.07, 6.45) is 5.63. The van der Waals surface area contributed by atoms with Gasteiger partial charge in [-0.05, 0) is 62.1 Å². The fourth-order valence-corrected chi connectivity index (χ4v) is 4.48. The number of amides is 1. The largest absolute Gasteiger partial charge is 0.493 e. The predicted molar refractivity (Wildman–Crippen MR) is 93.6 cm³/mol. The molecule has 1 aromatic carbocycles. The van der Waals surface area contributed by atoms with Crippen LogP contribution in [0.3, 0.4) is 0 Å². The molecule has 2 fully saturated rings. The van der Waals surface area contributed by atoms with E-state index in [1.165, 1.54) is 19.3 Å². The molecule has 24 heavy (non-hydrogen) atoms. The lowest BCUT2D eigenvalue weighted by Crippen LogP contribution is -2.53. The van der Waals surface area contributed by atoms with E-state index >= 15 is 0 Å². The maximum absolute atomic E-state index is 12.9. The van der Waals surface area contributed by atoms with Crippen molar-refractivity contribution in [3.05, 3.63) is 23.3 Å². The number of fused-ring (bicyclic) bond motifs is 2. The van der Waals surface area contributed by atoms with Crippen LogP contribution in [0.25, 0.3) is 0 Å². The molecule has 2 saturated carbocycles. The highest BCUT2D eigenvalue weighted by Crippen LogP contribution is 2.40. The molecule has 0 spiro atoms. The zero-order chi connectivity index (χ0) is 17.3. The number of carbonyl (C=O) groups is 1. The Balaban J connectivity index is 1.80. The number of hydrogen-bond acceptors (Lipinski definition) is 4. The monoisotopic (exact) mass is 332 g/mol. The van der Waals surface area contributed by atoms with Gasteiger partial charge >= 0.3 is 0 Å². The first-order valence-corrected chi connectivity index (χ1v) is 8.82. The van der Waals surface area contributed by atoms with Crippen molar-refractivity contribution in [3.63, 3.8) is 0 Å². The van der Waals surface area contributed by atoms with Gasteiger partial charge in [0, 0.05) is 17.6 Å². The second kappa shape index (κ2) is 7.01. The number of nitrogens with two attached hydrogens (primary N) is 1. The topological polar surface area (TPSA) is 73.6 Å². The molecule has 1 aromatic rings. The smallest absolute Gasteiger partial charge is 0.251 e. The van der Waals surface area contributed by atoms with Gasteiger partial charge in [0.25, 0.3) is 5.91 Å². The summed E-state index contributed by atoms with van der Waals surface area (Å²) in [6, 6.07) is 4.16. The van der Waals surface area contributed by atoms with Gasteiger partial charge in [0.05, 0.1) is 14.2 Å². The third kappa shape index (κ3) is 3.22. The van der Waals surface area contributed by atoms with Crippen LogP contribution in [0.2, 0.25) is 0 Å². The first kappa shape index (κ1) is 17.1. The molecule has 2 aliphatic carbocycles. The summed E-state index contributed by atoms with van der Waals surface area (Å²) < 4.78 is 10.6.